The van der Waals surface area contributed by atoms with E-state index in [0.29, 0.717) is 0 Å². The lowest BCUT2D eigenvalue weighted by Crippen LogP contribution is -2.15. The lowest BCUT2D eigenvalue weighted by atomic mass is 9.89. The molecule has 0 saturated heterocycles. The van der Waals surface area contributed by atoms with Crippen molar-refractivity contribution in [3.8, 4) is 0 Å². The van der Waals surface area contributed by atoms with Gasteiger partial charge in [-0.1, -0.05) is 0 Å². The van der Waals surface area contributed by atoms with E-state index in [1.807, 2.05) is 6.20 Å². The third-order valence-corrected chi connectivity index (χ3v) is 4.11. The van der Waals surface area contributed by atoms with Crippen LogP contribution in [0.5, 0.6) is 0 Å². The van der Waals surface area contributed by atoms with Crippen LogP contribution in [-0.2, 0) is 6.54 Å². The number of halogens is 1. The molecule has 0 amide bonds. The summed E-state index contributed by atoms with van der Waals surface area (Å²) in [5.41, 5.74) is 0. The van der Waals surface area contributed by atoms with E-state index in [1.165, 1.54) is 25.7 Å². The van der Waals surface area contributed by atoms with Crippen molar-refractivity contribution < 1.29 is 0 Å². The van der Waals surface area contributed by atoms with Crippen molar-refractivity contribution in [3.63, 3.8) is 0 Å². The van der Waals surface area contributed by atoms with Gasteiger partial charge in [0.1, 0.15) is 0 Å². The van der Waals surface area contributed by atoms with Gasteiger partial charge in [0.25, 0.3) is 0 Å². The van der Waals surface area contributed by atoms with Gasteiger partial charge >= 0.3 is 0 Å². The molecule has 0 bridgehead atoms. The molecule has 2 saturated carbocycles. The first-order chi connectivity index (χ1) is 6.81. The molecule has 14 heavy (non-hydrogen) atoms. The van der Waals surface area contributed by atoms with Crippen LogP contribution in [0.4, 0.5) is 0 Å². The zero-order chi connectivity index (χ0) is 9.54. The molecule has 2 aliphatic rings. The zero-order valence-electron chi connectivity index (χ0n) is 8.19. The Labute approximate surface area is 92.8 Å². The highest BCUT2D eigenvalue weighted by atomic mass is 79.9. The minimum Gasteiger partial charge on any atom is -0.271 e. The van der Waals surface area contributed by atoms with Crippen LogP contribution in [0.25, 0.3) is 0 Å². The van der Waals surface area contributed by atoms with Crippen LogP contribution in [0.1, 0.15) is 25.7 Å². The fourth-order valence-electron chi connectivity index (χ4n) is 2.82. The summed E-state index contributed by atoms with van der Waals surface area (Å²) in [7, 11) is 0. The highest BCUT2D eigenvalue weighted by molar-refractivity contribution is 9.10. The highest BCUT2D eigenvalue weighted by Crippen LogP contribution is 2.51. The molecule has 0 spiro atoms. The van der Waals surface area contributed by atoms with Crippen LogP contribution in [-0.4, -0.2) is 9.78 Å². The van der Waals surface area contributed by atoms with Gasteiger partial charge in [0.15, 0.2) is 0 Å². The second-order valence-electron chi connectivity index (χ2n) is 4.82. The highest BCUT2D eigenvalue weighted by Gasteiger charge is 2.41. The van der Waals surface area contributed by atoms with Crippen LogP contribution in [0.3, 0.4) is 0 Å². The summed E-state index contributed by atoms with van der Waals surface area (Å²) in [5, 5.41) is 4.32. The molecule has 0 aliphatic heterocycles. The first-order valence-electron chi connectivity index (χ1n) is 5.49. The smallest absolute Gasteiger partial charge is 0.0632 e. The Hall–Kier alpha value is -0.310. The lowest BCUT2D eigenvalue weighted by molar-refractivity contribution is 0.297. The van der Waals surface area contributed by atoms with E-state index in [9.17, 15) is 0 Å². The van der Waals surface area contributed by atoms with Crippen molar-refractivity contribution in [2.24, 2.45) is 17.8 Å². The number of aromatic nitrogens is 2. The van der Waals surface area contributed by atoms with E-state index in [0.717, 1.165) is 28.8 Å². The van der Waals surface area contributed by atoms with Gasteiger partial charge in [0.05, 0.1) is 10.7 Å². The summed E-state index contributed by atoms with van der Waals surface area (Å²) in [6.07, 6.45) is 9.81. The first kappa shape index (κ1) is 8.96. The van der Waals surface area contributed by atoms with Crippen molar-refractivity contribution in [3.05, 3.63) is 16.9 Å². The van der Waals surface area contributed by atoms with Gasteiger partial charge in [0.2, 0.25) is 0 Å². The molecule has 3 unspecified atom stereocenters. The van der Waals surface area contributed by atoms with E-state index in [2.05, 4.69) is 31.9 Å². The summed E-state index contributed by atoms with van der Waals surface area (Å²) in [4.78, 5) is 0. The molecule has 0 N–H and O–H groups in total. The van der Waals surface area contributed by atoms with Gasteiger partial charge in [-0.3, -0.25) is 4.68 Å². The van der Waals surface area contributed by atoms with E-state index < -0.39 is 0 Å². The summed E-state index contributed by atoms with van der Waals surface area (Å²) in [5.74, 6) is 3.06. The van der Waals surface area contributed by atoms with Crippen molar-refractivity contribution in [2.75, 3.05) is 0 Å². The van der Waals surface area contributed by atoms with Crippen LogP contribution < -0.4 is 0 Å². The predicted octanol–water partition coefficient (Wildman–Crippen LogP) is 3.08. The van der Waals surface area contributed by atoms with Crippen molar-refractivity contribution in [1.82, 2.24) is 9.78 Å². The average molecular weight is 255 g/mol. The molecule has 76 valence electrons. The van der Waals surface area contributed by atoms with Crippen molar-refractivity contribution >= 4 is 15.9 Å². The average Bonchev–Trinajstić information content (AvgIpc) is 2.82. The maximum Gasteiger partial charge on any atom is 0.0632 e. The van der Waals surface area contributed by atoms with Crippen LogP contribution >= 0.6 is 15.9 Å². The van der Waals surface area contributed by atoms with Gasteiger partial charge < -0.3 is 0 Å². The number of hydrogen-bond acceptors (Lipinski definition) is 1. The van der Waals surface area contributed by atoms with E-state index in [1.54, 1.807) is 0 Å². The van der Waals surface area contributed by atoms with Gasteiger partial charge in [-0.25, -0.2) is 0 Å². The fraction of sp³-hybridized carbons (Fsp3) is 0.727. The maximum atomic E-state index is 4.32. The molecule has 2 nitrogen and oxygen atoms in total. The third-order valence-electron chi connectivity index (χ3n) is 3.70. The van der Waals surface area contributed by atoms with Gasteiger partial charge in [-0.15, -0.1) is 0 Å². The summed E-state index contributed by atoms with van der Waals surface area (Å²) >= 11 is 3.43. The van der Waals surface area contributed by atoms with Crippen molar-refractivity contribution in [2.45, 2.75) is 32.2 Å². The predicted molar refractivity (Wildman–Crippen MR) is 58.9 cm³/mol. The maximum absolute atomic E-state index is 4.32. The summed E-state index contributed by atoms with van der Waals surface area (Å²) < 4.78 is 3.18. The van der Waals surface area contributed by atoms with Gasteiger partial charge in [-0.05, 0) is 59.4 Å². The zero-order valence-corrected chi connectivity index (χ0v) is 9.78. The van der Waals surface area contributed by atoms with Crippen molar-refractivity contribution in [1.29, 1.82) is 0 Å². The van der Waals surface area contributed by atoms with Crippen LogP contribution in [0.2, 0.25) is 0 Å². The Kier molecular flexibility index (Phi) is 2.15. The van der Waals surface area contributed by atoms with E-state index in [-0.39, 0.29) is 0 Å². The molecular formula is C11H15BrN2. The Morgan fingerprint density at radius 3 is 3.00 bits per heavy atom. The normalized spacial score (nSPS) is 35.4. The fourth-order valence-corrected chi connectivity index (χ4v) is 3.14. The van der Waals surface area contributed by atoms with Crippen LogP contribution in [0, 0.1) is 17.8 Å². The summed E-state index contributed by atoms with van der Waals surface area (Å²) in [6, 6.07) is 0. The minimum absolute atomic E-state index is 0.880. The van der Waals surface area contributed by atoms with Gasteiger partial charge in [0, 0.05) is 12.7 Å². The molecule has 0 radical (unpaired) electrons. The molecular weight excluding hydrogens is 240 g/mol. The Bertz CT molecular complexity index is 334. The Morgan fingerprint density at radius 1 is 1.36 bits per heavy atom. The SMILES string of the molecule is Brc1cnn(CC2CCC3CC3C2)c1. The van der Waals surface area contributed by atoms with Gasteiger partial charge in [-0.2, -0.15) is 5.10 Å². The molecule has 1 aromatic rings. The second-order valence-corrected chi connectivity index (χ2v) is 5.73. The number of rotatable bonds is 2. The number of fused-ring (bicyclic) bond motifs is 1. The molecule has 2 fully saturated rings. The van der Waals surface area contributed by atoms with E-state index in [4.69, 9.17) is 0 Å². The quantitative estimate of drug-likeness (QED) is 0.794. The second kappa shape index (κ2) is 3.37. The molecule has 2 aliphatic carbocycles. The molecule has 3 atom stereocenters. The molecule has 0 aromatic carbocycles. The third kappa shape index (κ3) is 1.74. The largest absolute Gasteiger partial charge is 0.271 e. The topological polar surface area (TPSA) is 17.8 Å². The van der Waals surface area contributed by atoms with E-state index >= 15 is 0 Å². The molecule has 3 heteroatoms. The standard InChI is InChI=1S/C11H15BrN2/c12-11-5-13-14(7-11)6-8-1-2-9-4-10(9)3-8/h5,7-10H,1-4,6H2. The summed E-state index contributed by atoms with van der Waals surface area (Å²) in [6.45, 7) is 1.12. The minimum atomic E-state index is 0.880. The monoisotopic (exact) mass is 254 g/mol. The number of hydrogen-bond donors (Lipinski definition) is 0. The molecule has 3 rings (SSSR count). The molecule has 1 heterocycles. The Morgan fingerprint density at radius 2 is 2.29 bits per heavy atom. The first-order valence-corrected chi connectivity index (χ1v) is 6.28. The van der Waals surface area contributed by atoms with Crippen LogP contribution in [0.15, 0.2) is 16.9 Å². The number of nitrogens with zero attached hydrogens (tertiary/aromatic N) is 2. The Balaban J connectivity index is 1.61. The lowest BCUT2D eigenvalue weighted by Gasteiger charge is -2.20. The molecule has 1 aromatic heterocycles.